The number of hydrogen-bond donors (Lipinski definition) is 0. The summed E-state index contributed by atoms with van der Waals surface area (Å²) in [6, 6.07) is 10.3. The number of rotatable bonds is 2. The van der Waals surface area contributed by atoms with Gasteiger partial charge in [-0.2, -0.15) is 0 Å². The van der Waals surface area contributed by atoms with Gasteiger partial charge in [0.1, 0.15) is 6.10 Å². The van der Waals surface area contributed by atoms with Crippen molar-refractivity contribution >= 4 is 6.08 Å². The third kappa shape index (κ3) is 1.99. The number of benzene rings is 1. The van der Waals surface area contributed by atoms with Crippen molar-refractivity contribution in [2.75, 3.05) is 0 Å². The topological polar surface area (TPSA) is 12.5 Å². The minimum absolute atomic E-state index is 0.361. The van der Waals surface area contributed by atoms with Crippen molar-refractivity contribution in [2.24, 2.45) is 0 Å². The summed E-state index contributed by atoms with van der Waals surface area (Å²) >= 11 is 0. The van der Waals surface area contributed by atoms with E-state index in [9.17, 15) is 0 Å². The van der Waals surface area contributed by atoms with Crippen LogP contribution in [0.4, 0.5) is 0 Å². The first-order chi connectivity index (χ1) is 6.27. The monoisotopic (exact) mass is 174 g/mol. The van der Waals surface area contributed by atoms with Crippen LogP contribution in [0.15, 0.2) is 35.9 Å². The maximum absolute atomic E-state index is 5.38. The highest BCUT2D eigenvalue weighted by Crippen LogP contribution is 2.29. The third-order valence-electron chi connectivity index (χ3n) is 2.35. The van der Waals surface area contributed by atoms with Crippen LogP contribution in [-0.2, 0) is 4.74 Å². The average molecular weight is 174 g/mol. The largest absolute Gasteiger partial charge is 0.365 e. The molecule has 0 saturated carbocycles. The summed E-state index contributed by atoms with van der Waals surface area (Å²) in [6.45, 7) is 4.23. The van der Waals surface area contributed by atoms with Crippen molar-refractivity contribution in [3.8, 4) is 0 Å². The summed E-state index contributed by atoms with van der Waals surface area (Å²) in [6.07, 6.45) is 2.97. The lowest BCUT2D eigenvalue weighted by Crippen LogP contribution is -1.90. The first kappa shape index (κ1) is 8.52. The molecule has 68 valence electrons. The second kappa shape index (κ2) is 3.35. The summed E-state index contributed by atoms with van der Waals surface area (Å²) in [4.78, 5) is 0. The Morgan fingerprint density at radius 1 is 1.31 bits per heavy atom. The van der Waals surface area contributed by atoms with Gasteiger partial charge in [-0.3, -0.25) is 0 Å². The molecule has 0 amide bonds. The van der Waals surface area contributed by atoms with Crippen LogP contribution in [0.3, 0.4) is 0 Å². The fourth-order valence-electron chi connectivity index (χ4n) is 1.56. The first-order valence-corrected chi connectivity index (χ1v) is 4.66. The van der Waals surface area contributed by atoms with Crippen molar-refractivity contribution in [1.82, 2.24) is 0 Å². The van der Waals surface area contributed by atoms with Crippen molar-refractivity contribution in [3.05, 3.63) is 41.5 Å². The third-order valence-corrected chi connectivity index (χ3v) is 2.35. The molecule has 0 radical (unpaired) electrons. The van der Waals surface area contributed by atoms with Crippen LogP contribution in [0.25, 0.3) is 6.08 Å². The molecule has 1 heterocycles. The van der Waals surface area contributed by atoms with Crippen LogP contribution in [0.5, 0.6) is 0 Å². The lowest BCUT2D eigenvalue weighted by molar-refractivity contribution is 0.395. The fraction of sp³-hybridized carbons (Fsp3) is 0.333. The summed E-state index contributed by atoms with van der Waals surface area (Å²) in [7, 11) is 0. The Kier molecular flexibility index (Phi) is 2.19. The smallest absolute Gasteiger partial charge is 0.105 e. The predicted molar refractivity (Wildman–Crippen MR) is 54.4 cm³/mol. The molecule has 1 aliphatic heterocycles. The van der Waals surface area contributed by atoms with Crippen LogP contribution in [-0.4, -0.2) is 12.2 Å². The Morgan fingerprint density at radius 3 is 2.46 bits per heavy atom. The molecule has 0 N–H and O–H groups in total. The van der Waals surface area contributed by atoms with E-state index in [1.54, 1.807) is 0 Å². The molecular weight excluding hydrogens is 160 g/mol. The van der Waals surface area contributed by atoms with Gasteiger partial charge in [0.15, 0.2) is 0 Å². The molecular formula is C12H14O. The van der Waals surface area contributed by atoms with Gasteiger partial charge in [0.25, 0.3) is 0 Å². The minimum Gasteiger partial charge on any atom is -0.365 e. The zero-order valence-electron chi connectivity index (χ0n) is 8.03. The molecule has 0 unspecified atom stereocenters. The average Bonchev–Trinajstić information content (AvgIpc) is 2.84. The number of hydrogen-bond acceptors (Lipinski definition) is 1. The van der Waals surface area contributed by atoms with Gasteiger partial charge in [-0.1, -0.05) is 36.4 Å². The maximum atomic E-state index is 5.38. The van der Waals surface area contributed by atoms with E-state index in [4.69, 9.17) is 4.74 Å². The molecule has 1 aromatic carbocycles. The van der Waals surface area contributed by atoms with E-state index >= 15 is 0 Å². The highest BCUT2D eigenvalue weighted by Gasteiger charge is 2.35. The van der Waals surface area contributed by atoms with Crippen LogP contribution in [0.1, 0.15) is 19.4 Å². The molecule has 1 saturated heterocycles. The van der Waals surface area contributed by atoms with Crippen LogP contribution >= 0.6 is 0 Å². The van der Waals surface area contributed by atoms with E-state index < -0.39 is 0 Å². The van der Waals surface area contributed by atoms with Gasteiger partial charge in [0, 0.05) is 0 Å². The van der Waals surface area contributed by atoms with E-state index in [1.807, 2.05) is 6.07 Å². The molecule has 0 spiro atoms. The Hall–Kier alpha value is -1.08. The van der Waals surface area contributed by atoms with Gasteiger partial charge in [-0.05, 0) is 25.0 Å². The first-order valence-electron chi connectivity index (χ1n) is 4.66. The lowest BCUT2D eigenvalue weighted by Gasteiger charge is -1.95. The molecule has 13 heavy (non-hydrogen) atoms. The quantitative estimate of drug-likeness (QED) is 0.628. The van der Waals surface area contributed by atoms with Gasteiger partial charge in [0.05, 0.1) is 6.10 Å². The summed E-state index contributed by atoms with van der Waals surface area (Å²) in [5, 5.41) is 0. The molecule has 0 bridgehead atoms. The molecule has 1 aliphatic rings. The van der Waals surface area contributed by atoms with E-state index in [-0.39, 0.29) is 0 Å². The van der Waals surface area contributed by atoms with E-state index in [0.29, 0.717) is 12.2 Å². The SMILES string of the molecule is C/C(=C\c1ccccc1)[C@H]1O[C@@H]1C. The maximum Gasteiger partial charge on any atom is 0.105 e. The van der Waals surface area contributed by atoms with Crippen molar-refractivity contribution in [3.63, 3.8) is 0 Å². The van der Waals surface area contributed by atoms with Crippen LogP contribution in [0.2, 0.25) is 0 Å². The Bertz CT molecular complexity index is 313. The minimum atomic E-state index is 0.361. The van der Waals surface area contributed by atoms with Gasteiger partial charge in [-0.15, -0.1) is 0 Å². The molecule has 1 nitrogen and oxygen atoms in total. The fourth-order valence-corrected chi connectivity index (χ4v) is 1.56. The Morgan fingerprint density at radius 2 is 1.92 bits per heavy atom. The molecule has 0 aromatic heterocycles. The van der Waals surface area contributed by atoms with E-state index in [2.05, 4.69) is 44.2 Å². The molecule has 1 fully saturated rings. The zero-order chi connectivity index (χ0) is 9.26. The normalized spacial score (nSPS) is 27.4. The van der Waals surface area contributed by atoms with E-state index in [1.165, 1.54) is 11.1 Å². The van der Waals surface area contributed by atoms with Gasteiger partial charge >= 0.3 is 0 Å². The van der Waals surface area contributed by atoms with Crippen molar-refractivity contribution in [1.29, 1.82) is 0 Å². The second-order valence-corrected chi connectivity index (χ2v) is 3.56. The highest BCUT2D eigenvalue weighted by atomic mass is 16.6. The predicted octanol–water partition coefficient (Wildman–Crippen LogP) is 2.88. The molecule has 2 atom stereocenters. The zero-order valence-corrected chi connectivity index (χ0v) is 8.03. The van der Waals surface area contributed by atoms with Gasteiger partial charge in [-0.25, -0.2) is 0 Å². The van der Waals surface area contributed by atoms with Crippen molar-refractivity contribution < 1.29 is 4.74 Å². The Labute approximate surface area is 79.0 Å². The molecule has 0 aliphatic carbocycles. The standard InChI is InChI=1S/C12H14O/c1-9(12-10(2)13-12)8-11-6-4-3-5-7-11/h3-8,10,12H,1-2H3/b9-8+/t10-,12-/m1/s1. The lowest BCUT2D eigenvalue weighted by atomic mass is 10.1. The van der Waals surface area contributed by atoms with Crippen LogP contribution < -0.4 is 0 Å². The number of epoxide rings is 1. The van der Waals surface area contributed by atoms with Crippen molar-refractivity contribution in [2.45, 2.75) is 26.1 Å². The van der Waals surface area contributed by atoms with Crippen LogP contribution in [0, 0.1) is 0 Å². The van der Waals surface area contributed by atoms with Gasteiger partial charge in [0.2, 0.25) is 0 Å². The Balaban J connectivity index is 2.12. The number of ether oxygens (including phenoxy) is 1. The molecule has 1 heteroatoms. The van der Waals surface area contributed by atoms with Gasteiger partial charge < -0.3 is 4.74 Å². The van der Waals surface area contributed by atoms with E-state index in [0.717, 1.165) is 0 Å². The summed E-state index contributed by atoms with van der Waals surface area (Å²) in [5.41, 5.74) is 2.57. The molecule has 1 aromatic rings. The highest BCUT2D eigenvalue weighted by molar-refractivity contribution is 5.53. The molecule has 2 rings (SSSR count). The second-order valence-electron chi connectivity index (χ2n) is 3.56. The summed E-state index contributed by atoms with van der Waals surface area (Å²) in [5.74, 6) is 0. The summed E-state index contributed by atoms with van der Waals surface area (Å²) < 4.78 is 5.38.